The van der Waals surface area contributed by atoms with Gasteiger partial charge in [-0.1, -0.05) is 20.8 Å². The summed E-state index contributed by atoms with van der Waals surface area (Å²) in [6, 6.07) is 0. The van der Waals surface area contributed by atoms with Crippen molar-refractivity contribution < 1.29 is 5.11 Å². The van der Waals surface area contributed by atoms with E-state index in [-0.39, 0.29) is 12.0 Å². The van der Waals surface area contributed by atoms with Gasteiger partial charge in [-0.2, -0.15) is 0 Å². The number of aromatic nitrogens is 1. The van der Waals surface area contributed by atoms with Gasteiger partial charge in [0.15, 0.2) is 0 Å². The van der Waals surface area contributed by atoms with E-state index in [0.717, 1.165) is 23.5 Å². The number of thiazole rings is 1. The van der Waals surface area contributed by atoms with Gasteiger partial charge >= 0.3 is 0 Å². The zero-order valence-electron chi connectivity index (χ0n) is 11.7. The van der Waals surface area contributed by atoms with Crippen molar-refractivity contribution in [1.29, 1.82) is 0 Å². The van der Waals surface area contributed by atoms with Gasteiger partial charge in [-0.05, 0) is 25.9 Å². The number of nitrogens with zero attached hydrogens (tertiary/aromatic N) is 2. The number of hydrogen-bond donors (Lipinski definition) is 1. The third kappa shape index (κ3) is 3.31. The Morgan fingerprint density at radius 2 is 1.94 bits per heavy atom. The molecule has 2 heterocycles. The molecule has 1 aromatic rings. The summed E-state index contributed by atoms with van der Waals surface area (Å²) < 4.78 is 0. The molecule has 2 rings (SSSR count). The maximum absolute atomic E-state index is 9.43. The van der Waals surface area contributed by atoms with Crippen molar-refractivity contribution >= 4 is 11.3 Å². The Hall–Kier alpha value is -0.450. The van der Waals surface area contributed by atoms with Gasteiger partial charge in [0.25, 0.3) is 0 Å². The lowest BCUT2D eigenvalue weighted by Crippen LogP contribution is -2.22. The Bertz CT molecular complexity index is 389. The molecule has 18 heavy (non-hydrogen) atoms. The second-order valence-corrected chi connectivity index (χ2v) is 7.25. The van der Waals surface area contributed by atoms with Crippen molar-refractivity contribution in [2.24, 2.45) is 0 Å². The van der Waals surface area contributed by atoms with E-state index in [9.17, 15) is 5.11 Å². The minimum Gasteiger partial charge on any atom is -0.391 e. The number of rotatable bonds is 4. The molecule has 1 N–H and O–H groups in total. The van der Waals surface area contributed by atoms with Crippen LogP contribution >= 0.6 is 11.3 Å². The van der Waals surface area contributed by atoms with Crippen LogP contribution < -0.4 is 0 Å². The van der Waals surface area contributed by atoms with Crippen molar-refractivity contribution in [2.75, 3.05) is 19.6 Å². The molecule has 0 aliphatic carbocycles. The van der Waals surface area contributed by atoms with Crippen LogP contribution in [0.3, 0.4) is 0 Å². The molecule has 3 nitrogen and oxygen atoms in total. The van der Waals surface area contributed by atoms with Crippen LogP contribution in [0.15, 0.2) is 0 Å². The zero-order chi connectivity index (χ0) is 13.2. The predicted octanol–water partition coefficient (Wildman–Crippen LogP) is 2.57. The Morgan fingerprint density at radius 1 is 1.28 bits per heavy atom. The quantitative estimate of drug-likeness (QED) is 0.912. The van der Waals surface area contributed by atoms with Crippen molar-refractivity contribution in [3.05, 3.63) is 15.6 Å². The molecule has 1 saturated heterocycles. The average molecular weight is 268 g/mol. The highest BCUT2D eigenvalue weighted by Crippen LogP contribution is 2.30. The summed E-state index contributed by atoms with van der Waals surface area (Å²) in [5.74, 6) is 0. The molecule has 0 unspecified atom stereocenters. The lowest BCUT2D eigenvalue weighted by molar-refractivity contribution is 0.282. The third-order valence-electron chi connectivity index (χ3n) is 3.44. The molecule has 0 saturated carbocycles. The Kier molecular flexibility index (Phi) is 4.41. The monoisotopic (exact) mass is 268 g/mol. The number of hydrogen-bond acceptors (Lipinski definition) is 4. The third-order valence-corrected chi connectivity index (χ3v) is 4.54. The molecule has 0 atom stereocenters. The molecule has 0 radical (unpaired) electrons. The molecule has 1 aromatic heterocycles. The lowest BCUT2D eigenvalue weighted by Gasteiger charge is -2.16. The van der Waals surface area contributed by atoms with E-state index in [1.807, 2.05) is 0 Å². The predicted molar refractivity (Wildman–Crippen MR) is 76.1 cm³/mol. The molecule has 1 aliphatic rings. The molecule has 0 amide bonds. The first-order chi connectivity index (χ1) is 8.50. The van der Waals surface area contributed by atoms with E-state index in [2.05, 4.69) is 25.7 Å². The first-order valence-corrected chi connectivity index (χ1v) is 7.64. The van der Waals surface area contributed by atoms with E-state index < -0.39 is 0 Å². The Morgan fingerprint density at radius 3 is 2.44 bits per heavy atom. The van der Waals surface area contributed by atoms with Gasteiger partial charge in [-0.3, -0.25) is 0 Å². The van der Waals surface area contributed by atoms with Crippen LogP contribution in [0.5, 0.6) is 0 Å². The molecule has 0 aromatic carbocycles. The van der Waals surface area contributed by atoms with Crippen LogP contribution in [0.2, 0.25) is 0 Å². The van der Waals surface area contributed by atoms with Gasteiger partial charge in [0.1, 0.15) is 0 Å². The zero-order valence-corrected chi connectivity index (χ0v) is 12.5. The second kappa shape index (κ2) is 5.68. The highest BCUT2D eigenvalue weighted by molar-refractivity contribution is 7.11. The number of aliphatic hydroxyl groups is 1. The van der Waals surface area contributed by atoms with E-state index in [1.54, 1.807) is 11.3 Å². The lowest BCUT2D eigenvalue weighted by atomic mass is 9.91. The van der Waals surface area contributed by atoms with Crippen molar-refractivity contribution in [3.8, 4) is 0 Å². The largest absolute Gasteiger partial charge is 0.391 e. The standard InChI is InChI=1S/C14H24N2OS/c1-14(2,3)13-11(10-17)18-12(15-13)6-9-16-7-4-5-8-16/h17H,4-10H2,1-3H3. The van der Waals surface area contributed by atoms with E-state index in [0.29, 0.717) is 0 Å². The van der Waals surface area contributed by atoms with E-state index >= 15 is 0 Å². The second-order valence-electron chi connectivity index (χ2n) is 6.09. The van der Waals surface area contributed by atoms with Gasteiger partial charge in [-0.15, -0.1) is 11.3 Å². The van der Waals surface area contributed by atoms with E-state index in [1.165, 1.54) is 30.9 Å². The van der Waals surface area contributed by atoms with Crippen LogP contribution in [0, 0.1) is 0 Å². The molecular formula is C14H24N2OS. The number of aliphatic hydroxyl groups excluding tert-OH is 1. The number of likely N-dealkylation sites (tertiary alicyclic amines) is 1. The maximum Gasteiger partial charge on any atom is 0.0945 e. The Balaban J connectivity index is 2.02. The fourth-order valence-corrected chi connectivity index (χ4v) is 3.59. The van der Waals surface area contributed by atoms with Crippen LogP contribution in [0.1, 0.15) is 49.2 Å². The molecular weight excluding hydrogens is 244 g/mol. The summed E-state index contributed by atoms with van der Waals surface area (Å²) in [7, 11) is 0. The normalized spacial score (nSPS) is 17.6. The smallest absolute Gasteiger partial charge is 0.0945 e. The van der Waals surface area contributed by atoms with Gasteiger partial charge in [0.05, 0.1) is 22.2 Å². The van der Waals surface area contributed by atoms with Crippen molar-refractivity contribution in [3.63, 3.8) is 0 Å². The molecule has 4 heteroatoms. The van der Waals surface area contributed by atoms with Crippen LogP contribution in [-0.4, -0.2) is 34.6 Å². The summed E-state index contributed by atoms with van der Waals surface area (Å²) in [5.41, 5.74) is 1.10. The summed E-state index contributed by atoms with van der Waals surface area (Å²) in [6.07, 6.45) is 3.70. The molecule has 0 bridgehead atoms. The minimum atomic E-state index is 0.0282. The molecule has 102 valence electrons. The first-order valence-electron chi connectivity index (χ1n) is 6.83. The van der Waals surface area contributed by atoms with Gasteiger partial charge in [0, 0.05) is 18.4 Å². The fourth-order valence-electron chi connectivity index (χ4n) is 2.46. The molecule has 0 spiro atoms. The van der Waals surface area contributed by atoms with E-state index in [4.69, 9.17) is 4.98 Å². The fraction of sp³-hybridized carbons (Fsp3) is 0.786. The van der Waals surface area contributed by atoms with Crippen LogP contribution in [-0.2, 0) is 18.4 Å². The first kappa shape index (κ1) is 14.0. The van der Waals surface area contributed by atoms with Gasteiger partial charge < -0.3 is 10.0 Å². The minimum absolute atomic E-state index is 0.0282. The summed E-state index contributed by atoms with van der Waals surface area (Å²) >= 11 is 1.68. The summed E-state index contributed by atoms with van der Waals surface area (Å²) in [4.78, 5) is 8.30. The summed E-state index contributed by atoms with van der Waals surface area (Å²) in [6.45, 7) is 10.2. The van der Waals surface area contributed by atoms with Crippen LogP contribution in [0.25, 0.3) is 0 Å². The van der Waals surface area contributed by atoms with Crippen molar-refractivity contribution in [2.45, 2.75) is 52.1 Å². The molecule has 1 aliphatic heterocycles. The molecule has 1 fully saturated rings. The SMILES string of the molecule is CC(C)(C)c1nc(CCN2CCCC2)sc1CO. The highest BCUT2D eigenvalue weighted by Gasteiger charge is 2.23. The average Bonchev–Trinajstić information content (AvgIpc) is 2.94. The topological polar surface area (TPSA) is 36.4 Å². The van der Waals surface area contributed by atoms with Gasteiger partial charge in [0.2, 0.25) is 0 Å². The van der Waals surface area contributed by atoms with Gasteiger partial charge in [-0.25, -0.2) is 4.98 Å². The van der Waals surface area contributed by atoms with Crippen LogP contribution in [0.4, 0.5) is 0 Å². The summed E-state index contributed by atoms with van der Waals surface area (Å²) in [5, 5.41) is 10.6. The van der Waals surface area contributed by atoms with Crippen molar-refractivity contribution in [1.82, 2.24) is 9.88 Å². The maximum atomic E-state index is 9.43. The highest BCUT2D eigenvalue weighted by atomic mass is 32.1. The Labute approximate surface area is 114 Å².